The highest BCUT2D eigenvalue weighted by Gasteiger charge is 2.43. The van der Waals surface area contributed by atoms with Gasteiger partial charge >= 0.3 is 5.97 Å². The molecule has 0 saturated heterocycles. The number of hydrogen-bond acceptors (Lipinski definition) is 7. The number of amides is 1. The minimum absolute atomic E-state index is 0.0115. The third kappa shape index (κ3) is 4.48. The molecule has 1 N–H and O–H groups in total. The Morgan fingerprint density at radius 1 is 1.52 bits per heavy atom. The second-order valence-corrected chi connectivity index (χ2v) is 6.70. The van der Waals surface area contributed by atoms with Gasteiger partial charge < -0.3 is 10.1 Å². The number of nitro benzene ring substituents is 1. The summed E-state index contributed by atoms with van der Waals surface area (Å²) >= 11 is 1.19. The average Bonchev–Trinajstić information content (AvgIpc) is 3.44. The molecule has 1 fully saturated rings. The van der Waals surface area contributed by atoms with Crippen LogP contribution in [-0.4, -0.2) is 35.2 Å². The molecule has 1 aromatic rings. The van der Waals surface area contributed by atoms with E-state index in [2.05, 4.69) is 11.4 Å². The van der Waals surface area contributed by atoms with Crippen molar-refractivity contribution in [2.75, 3.05) is 12.9 Å². The number of nitrogens with one attached hydrogen (secondary N) is 1. The van der Waals surface area contributed by atoms with Crippen molar-refractivity contribution >= 4 is 29.3 Å². The summed E-state index contributed by atoms with van der Waals surface area (Å²) in [5, 5.41) is 22.8. The summed E-state index contributed by atoms with van der Waals surface area (Å²) in [7, 11) is 0. The van der Waals surface area contributed by atoms with Gasteiger partial charge in [-0.25, -0.2) is 4.79 Å². The molecule has 0 spiro atoms. The Hall–Kier alpha value is -2.60. The molecule has 0 aliphatic heterocycles. The van der Waals surface area contributed by atoms with Crippen molar-refractivity contribution in [3.8, 4) is 6.07 Å². The summed E-state index contributed by atoms with van der Waals surface area (Å²) in [4.78, 5) is 34.8. The SMILES string of the molecule is CSc1ccc(C(=O)OCC(=O)N[C@](C)(C#N)C2CC2)cc1[N+](=O)[O-]. The molecule has 9 heteroatoms. The number of hydrogen-bond donors (Lipinski definition) is 1. The molecular formula is C16H17N3O5S. The van der Waals surface area contributed by atoms with E-state index in [9.17, 15) is 25.0 Å². The lowest BCUT2D eigenvalue weighted by molar-refractivity contribution is -0.387. The van der Waals surface area contributed by atoms with E-state index in [0.717, 1.165) is 18.9 Å². The van der Waals surface area contributed by atoms with Gasteiger partial charge in [0.05, 0.1) is 21.5 Å². The molecule has 132 valence electrons. The van der Waals surface area contributed by atoms with Crippen LogP contribution in [-0.2, 0) is 9.53 Å². The Balaban J connectivity index is 1.98. The van der Waals surface area contributed by atoms with Gasteiger partial charge in [-0.05, 0) is 44.1 Å². The lowest BCUT2D eigenvalue weighted by Crippen LogP contribution is -2.48. The monoisotopic (exact) mass is 363 g/mol. The van der Waals surface area contributed by atoms with Crippen molar-refractivity contribution in [2.24, 2.45) is 5.92 Å². The third-order valence-corrected chi connectivity index (χ3v) is 4.76. The van der Waals surface area contributed by atoms with Crippen molar-refractivity contribution in [1.82, 2.24) is 5.32 Å². The second-order valence-electron chi connectivity index (χ2n) is 5.86. The lowest BCUT2D eigenvalue weighted by Gasteiger charge is -2.22. The number of carbonyl (C=O) groups excluding carboxylic acids is 2. The molecule has 0 heterocycles. The van der Waals surface area contributed by atoms with E-state index in [-0.39, 0.29) is 17.2 Å². The number of nitriles is 1. The van der Waals surface area contributed by atoms with E-state index in [1.54, 1.807) is 13.2 Å². The summed E-state index contributed by atoms with van der Waals surface area (Å²) in [6, 6.07) is 6.06. The Kier molecular flexibility index (Phi) is 5.64. The van der Waals surface area contributed by atoms with E-state index in [4.69, 9.17) is 4.74 Å². The number of nitro groups is 1. The second kappa shape index (κ2) is 7.53. The first-order valence-electron chi connectivity index (χ1n) is 7.52. The van der Waals surface area contributed by atoms with E-state index < -0.39 is 28.9 Å². The zero-order valence-electron chi connectivity index (χ0n) is 13.8. The minimum atomic E-state index is -0.970. The molecular weight excluding hydrogens is 346 g/mol. The van der Waals surface area contributed by atoms with Crippen LogP contribution >= 0.6 is 11.8 Å². The van der Waals surface area contributed by atoms with Gasteiger partial charge in [0.2, 0.25) is 0 Å². The molecule has 8 nitrogen and oxygen atoms in total. The predicted octanol–water partition coefficient (Wildman–Crippen LogP) is 2.28. The van der Waals surface area contributed by atoms with Crippen LogP contribution in [0.2, 0.25) is 0 Å². The van der Waals surface area contributed by atoms with Gasteiger partial charge in [0.25, 0.3) is 11.6 Å². The van der Waals surface area contributed by atoms with Crippen molar-refractivity contribution in [3.63, 3.8) is 0 Å². The van der Waals surface area contributed by atoms with Crippen molar-refractivity contribution in [2.45, 2.75) is 30.2 Å². The predicted molar refractivity (Wildman–Crippen MR) is 90.0 cm³/mol. The molecule has 0 radical (unpaired) electrons. The highest BCUT2D eigenvalue weighted by atomic mass is 32.2. The van der Waals surface area contributed by atoms with Crippen LogP contribution in [0.1, 0.15) is 30.1 Å². The van der Waals surface area contributed by atoms with Crippen LogP contribution in [0, 0.1) is 27.4 Å². The maximum Gasteiger partial charge on any atom is 0.338 e. The molecule has 1 aromatic carbocycles. The maximum atomic E-state index is 12.0. The molecule has 0 bridgehead atoms. The molecule has 0 aromatic heterocycles. The zero-order chi connectivity index (χ0) is 18.6. The van der Waals surface area contributed by atoms with Gasteiger partial charge in [0.15, 0.2) is 6.61 Å². The van der Waals surface area contributed by atoms with Crippen LogP contribution in [0.3, 0.4) is 0 Å². The fraction of sp³-hybridized carbons (Fsp3) is 0.438. The Morgan fingerprint density at radius 3 is 2.72 bits per heavy atom. The van der Waals surface area contributed by atoms with Gasteiger partial charge in [0.1, 0.15) is 5.54 Å². The van der Waals surface area contributed by atoms with Crippen LogP contribution < -0.4 is 5.32 Å². The quantitative estimate of drug-likeness (QED) is 0.341. The Labute approximate surface area is 148 Å². The molecule has 1 amide bonds. The molecule has 1 saturated carbocycles. The number of rotatable bonds is 7. The van der Waals surface area contributed by atoms with E-state index in [1.807, 2.05) is 0 Å². The topological polar surface area (TPSA) is 122 Å². The summed E-state index contributed by atoms with van der Waals surface area (Å²) in [6.07, 6.45) is 3.43. The molecule has 1 atom stereocenters. The standard InChI is InChI=1S/C16H17N3O5S/c1-16(9-17,11-4-5-11)18-14(20)8-24-15(21)10-3-6-13(25-2)12(7-10)19(22)23/h3,6-7,11H,4-5,8H2,1-2H3,(H,18,20)/t16-/m1/s1. The fourth-order valence-electron chi connectivity index (χ4n) is 2.38. The van der Waals surface area contributed by atoms with Crippen molar-refractivity contribution in [1.29, 1.82) is 5.26 Å². The van der Waals surface area contributed by atoms with Gasteiger partial charge in [-0.3, -0.25) is 14.9 Å². The summed E-state index contributed by atoms with van der Waals surface area (Å²) in [6.45, 7) is 1.08. The van der Waals surface area contributed by atoms with Crippen LogP contribution in [0.25, 0.3) is 0 Å². The van der Waals surface area contributed by atoms with E-state index in [0.29, 0.717) is 4.90 Å². The van der Waals surface area contributed by atoms with Crippen molar-refractivity contribution < 1.29 is 19.2 Å². The Bertz CT molecular complexity index is 757. The average molecular weight is 363 g/mol. The van der Waals surface area contributed by atoms with Crippen LogP contribution in [0.15, 0.2) is 23.1 Å². The molecule has 1 aliphatic carbocycles. The fourth-order valence-corrected chi connectivity index (χ4v) is 2.93. The molecule has 1 aliphatic rings. The summed E-state index contributed by atoms with van der Waals surface area (Å²) < 4.78 is 4.90. The normalized spacial score (nSPS) is 15.6. The van der Waals surface area contributed by atoms with E-state index >= 15 is 0 Å². The maximum absolute atomic E-state index is 12.0. The smallest absolute Gasteiger partial charge is 0.338 e. The molecule has 0 unspecified atom stereocenters. The Morgan fingerprint density at radius 2 is 2.20 bits per heavy atom. The van der Waals surface area contributed by atoms with Crippen LogP contribution in [0.5, 0.6) is 0 Å². The van der Waals surface area contributed by atoms with Gasteiger partial charge in [-0.2, -0.15) is 5.26 Å². The van der Waals surface area contributed by atoms with Gasteiger partial charge in [-0.15, -0.1) is 11.8 Å². The number of carbonyl (C=O) groups is 2. The number of ether oxygens (including phenoxy) is 1. The first kappa shape index (κ1) is 18.7. The summed E-state index contributed by atoms with van der Waals surface area (Å²) in [5.41, 5.74) is -1.18. The number of benzene rings is 1. The number of thioether (sulfide) groups is 1. The van der Waals surface area contributed by atoms with Gasteiger partial charge in [-0.1, -0.05) is 0 Å². The van der Waals surface area contributed by atoms with Crippen LogP contribution in [0.4, 0.5) is 5.69 Å². The number of esters is 1. The molecule has 25 heavy (non-hydrogen) atoms. The zero-order valence-corrected chi connectivity index (χ0v) is 14.6. The highest BCUT2D eigenvalue weighted by molar-refractivity contribution is 7.98. The van der Waals surface area contributed by atoms with E-state index in [1.165, 1.54) is 23.9 Å². The minimum Gasteiger partial charge on any atom is -0.452 e. The third-order valence-electron chi connectivity index (χ3n) is 3.97. The summed E-state index contributed by atoms with van der Waals surface area (Å²) in [5.74, 6) is -1.31. The number of nitrogens with zero attached hydrogens (tertiary/aromatic N) is 2. The van der Waals surface area contributed by atoms with Gasteiger partial charge in [0, 0.05) is 6.07 Å². The first-order chi connectivity index (χ1) is 11.8. The molecule has 2 rings (SSSR count). The largest absolute Gasteiger partial charge is 0.452 e. The highest BCUT2D eigenvalue weighted by Crippen LogP contribution is 2.39. The first-order valence-corrected chi connectivity index (χ1v) is 8.75. The lowest BCUT2D eigenvalue weighted by atomic mass is 9.98. The van der Waals surface area contributed by atoms with Crippen molar-refractivity contribution in [3.05, 3.63) is 33.9 Å².